The predicted octanol–water partition coefficient (Wildman–Crippen LogP) is 1.60. The van der Waals surface area contributed by atoms with Crippen molar-refractivity contribution in [3.63, 3.8) is 0 Å². The van der Waals surface area contributed by atoms with Crippen molar-refractivity contribution < 1.29 is 5.11 Å². The zero-order valence-electron chi connectivity index (χ0n) is 10.8. The van der Waals surface area contributed by atoms with Crippen molar-refractivity contribution in [2.75, 3.05) is 24.2 Å². The van der Waals surface area contributed by atoms with Crippen LogP contribution in [0, 0.1) is 0 Å². The van der Waals surface area contributed by atoms with Gasteiger partial charge >= 0.3 is 0 Å². The summed E-state index contributed by atoms with van der Waals surface area (Å²) in [5.74, 6) is 1.14. The van der Waals surface area contributed by atoms with Gasteiger partial charge in [0.25, 0.3) is 0 Å². The molecule has 0 bridgehead atoms. The van der Waals surface area contributed by atoms with E-state index in [-0.39, 0.29) is 0 Å². The van der Waals surface area contributed by atoms with Gasteiger partial charge in [0, 0.05) is 13.6 Å². The van der Waals surface area contributed by atoms with Crippen molar-refractivity contribution in [2.24, 2.45) is 0 Å². The van der Waals surface area contributed by atoms with Crippen LogP contribution in [0.2, 0.25) is 0 Å². The number of nitrogens with zero attached hydrogens (tertiary/aromatic N) is 3. The lowest BCUT2D eigenvalue weighted by atomic mass is 10.2. The summed E-state index contributed by atoms with van der Waals surface area (Å²) in [5.41, 5.74) is 1.55. The van der Waals surface area contributed by atoms with Crippen molar-refractivity contribution in [1.29, 1.82) is 0 Å². The number of anilines is 2. The summed E-state index contributed by atoms with van der Waals surface area (Å²) >= 11 is 1.56. The van der Waals surface area contributed by atoms with Gasteiger partial charge < -0.3 is 15.7 Å². The van der Waals surface area contributed by atoms with E-state index in [2.05, 4.69) is 30.8 Å². The zero-order chi connectivity index (χ0) is 13.9. The number of nitrogens with one attached hydrogen (secondary N) is 3. The van der Waals surface area contributed by atoms with Crippen LogP contribution >= 0.6 is 11.3 Å². The maximum Gasteiger partial charge on any atom is 0.226 e. The lowest BCUT2D eigenvalue weighted by molar-refractivity contribution is 0.192. The minimum Gasteiger partial charge on any atom is -0.387 e. The van der Waals surface area contributed by atoms with Crippen LogP contribution < -0.4 is 10.6 Å². The van der Waals surface area contributed by atoms with Crippen LogP contribution in [-0.4, -0.2) is 38.9 Å². The van der Waals surface area contributed by atoms with Gasteiger partial charge in [0.2, 0.25) is 5.95 Å². The highest BCUT2D eigenvalue weighted by Crippen LogP contribution is 2.22. The van der Waals surface area contributed by atoms with E-state index < -0.39 is 6.10 Å². The Morgan fingerprint density at radius 1 is 1.45 bits per heavy atom. The van der Waals surface area contributed by atoms with Gasteiger partial charge in [-0.1, -0.05) is 0 Å². The van der Waals surface area contributed by atoms with E-state index in [1.54, 1.807) is 24.6 Å². The van der Waals surface area contributed by atoms with Gasteiger partial charge in [0.15, 0.2) is 5.65 Å². The Balaban J connectivity index is 1.81. The lowest BCUT2D eigenvalue weighted by Crippen LogP contribution is -2.13. The van der Waals surface area contributed by atoms with E-state index in [1.165, 1.54) is 0 Å². The van der Waals surface area contributed by atoms with E-state index >= 15 is 0 Å². The molecule has 3 aromatic rings. The molecule has 20 heavy (non-hydrogen) atoms. The molecule has 0 aliphatic heterocycles. The molecule has 4 N–H and O–H groups in total. The molecule has 0 aromatic carbocycles. The quantitative estimate of drug-likeness (QED) is 0.570. The SMILES string of the molecule is CNc1nc(NCC(O)c2ccsc2)c2cn[nH]c2n1. The van der Waals surface area contributed by atoms with Crippen LogP contribution in [0.5, 0.6) is 0 Å². The summed E-state index contributed by atoms with van der Waals surface area (Å²) < 4.78 is 0. The summed E-state index contributed by atoms with van der Waals surface area (Å²) in [6.45, 7) is 0.372. The van der Waals surface area contributed by atoms with Gasteiger partial charge in [-0.25, -0.2) is 0 Å². The Bertz CT molecular complexity index is 695. The Morgan fingerprint density at radius 2 is 2.35 bits per heavy atom. The molecule has 104 valence electrons. The summed E-state index contributed by atoms with van der Waals surface area (Å²) in [7, 11) is 1.75. The maximum atomic E-state index is 10.1. The monoisotopic (exact) mass is 290 g/mol. The molecule has 0 fully saturated rings. The second kappa shape index (κ2) is 5.43. The Labute approximate surface area is 119 Å². The molecule has 3 rings (SSSR count). The molecule has 0 spiro atoms. The molecule has 1 atom stereocenters. The van der Waals surface area contributed by atoms with E-state index in [0.717, 1.165) is 10.9 Å². The molecule has 7 nitrogen and oxygen atoms in total. The first kappa shape index (κ1) is 12.8. The van der Waals surface area contributed by atoms with Crippen molar-refractivity contribution in [1.82, 2.24) is 20.2 Å². The summed E-state index contributed by atoms with van der Waals surface area (Å²) in [5, 5.41) is 27.5. The van der Waals surface area contributed by atoms with Crippen LogP contribution in [-0.2, 0) is 0 Å². The number of aliphatic hydroxyl groups excluding tert-OH is 1. The molecular weight excluding hydrogens is 276 g/mol. The predicted molar refractivity (Wildman–Crippen MR) is 79.0 cm³/mol. The fraction of sp³-hybridized carbons (Fsp3) is 0.250. The Hall–Kier alpha value is -2.19. The van der Waals surface area contributed by atoms with Crippen LogP contribution in [0.4, 0.5) is 11.8 Å². The number of hydrogen-bond donors (Lipinski definition) is 4. The standard InChI is InChI=1S/C12H14N6OS/c1-13-12-16-10(8-4-15-18-11(8)17-12)14-5-9(19)7-2-3-20-6-7/h2-4,6,9,19H,5H2,1H3,(H3,13,14,15,16,17,18). The normalized spacial score (nSPS) is 12.5. The van der Waals surface area contributed by atoms with E-state index in [4.69, 9.17) is 0 Å². The molecular formula is C12H14N6OS. The second-order valence-corrected chi connectivity index (χ2v) is 5.01. The van der Waals surface area contributed by atoms with Crippen molar-refractivity contribution >= 4 is 34.1 Å². The van der Waals surface area contributed by atoms with E-state index in [1.807, 2.05) is 16.8 Å². The minimum atomic E-state index is -0.573. The third kappa shape index (κ3) is 2.43. The lowest BCUT2D eigenvalue weighted by Gasteiger charge is -2.12. The Morgan fingerprint density at radius 3 is 3.10 bits per heavy atom. The van der Waals surface area contributed by atoms with E-state index in [0.29, 0.717) is 24.0 Å². The molecule has 1 unspecified atom stereocenters. The highest BCUT2D eigenvalue weighted by atomic mass is 32.1. The summed E-state index contributed by atoms with van der Waals surface area (Å²) in [4.78, 5) is 8.59. The smallest absolute Gasteiger partial charge is 0.226 e. The zero-order valence-corrected chi connectivity index (χ0v) is 11.6. The average molecular weight is 290 g/mol. The van der Waals surface area contributed by atoms with Gasteiger partial charge in [-0.2, -0.15) is 26.4 Å². The van der Waals surface area contributed by atoms with Gasteiger partial charge in [0.1, 0.15) is 5.82 Å². The fourth-order valence-electron chi connectivity index (χ4n) is 1.86. The summed E-state index contributed by atoms with van der Waals surface area (Å²) in [6, 6.07) is 1.91. The molecule has 0 aliphatic carbocycles. The fourth-order valence-corrected chi connectivity index (χ4v) is 2.56. The van der Waals surface area contributed by atoms with Gasteiger partial charge in [0.05, 0.1) is 17.7 Å². The molecule has 0 amide bonds. The third-order valence-electron chi connectivity index (χ3n) is 2.92. The third-order valence-corrected chi connectivity index (χ3v) is 3.63. The number of hydrogen-bond acceptors (Lipinski definition) is 7. The first-order chi connectivity index (χ1) is 9.78. The number of aliphatic hydroxyl groups is 1. The van der Waals surface area contributed by atoms with Crippen LogP contribution in [0.15, 0.2) is 23.0 Å². The molecule has 0 radical (unpaired) electrons. The van der Waals surface area contributed by atoms with Gasteiger partial charge in [-0.05, 0) is 22.4 Å². The van der Waals surface area contributed by atoms with E-state index in [9.17, 15) is 5.11 Å². The van der Waals surface area contributed by atoms with Crippen LogP contribution in [0.3, 0.4) is 0 Å². The number of H-pyrrole nitrogens is 1. The molecule has 0 aliphatic rings. The number of aromatic amines is 1. The molecule has 3 heterocycles. The van der Waals surface area contributed by atoms with Crippen molar-refractivity contribution in [3.8, 4) is 0 Å². The first-order valence-corrected chi connectivity index (χ1v) is 7.05. The van der Waals surface area contributed by atoms with Gasteiger partial charge in [-0.15, -0.1) is 0 Å². The Kier molecular flexibility index (Phi) is 3.48. The van der Waals surface area contributed by atoms with Crippen molar-refractivity contribution in [2.45, 2.75) is 6.10 Å². The number of rotatable bonds is 5. The van der Waals surface area contributed by atoms with Crippen LogP contribution in [0.25, 0.3) is 11.0 Å². The highest BCUT2D eigenvalue weighted by molar-refractivity contribution is 7.07. The highest BCUT2D eigenvalue weighted by Gasteiger charge is 2.12. The first-order valence-electron chi connectivity index (χ1n) is 6.11. The van der Waals surface area contributed by atoms with Gasteiger partial charge in [-0.3, -0.25) is 5.10 Å². The minimum absolute atomic E-state index is 0.372. The average Bonchev–Trinajstić information content (AvgIpc) is 3.14. The number of aromatic nitrogens is 4. The number of fused-ring (bicyclic) bond motifs is 1. The molecule has 8 heteroatoms. The molecule has 3 aromatic heterocycles. The second-order valence-electron chi connectivity index (χ2n) is 4.23. The molecule has 0 saturated heterocycles. The summed E-state index contributed by atoms with van der Waals surface area (Å²) in [6.07, 6.45) is 1.09. The van der Waals surface area contributed by atoms with Crippen molar-refractivity contribution in [3.05, 3.63) is 28.6 Å². The largest absolute Gasteiger partial charge is 0.387 e. The topological polar surface area (TPSA) is 98.8 Å². The number of thiophene rings is 1. The maximum absolute atomic E-state index is 10.1. The molecule has 0 saturated carbocycles. The van der Waals surface area contributed by atoms with Crippen LogP contribution in [0.1, 0.15) is 11.7 Å².